The molecule has 0 radical (unpaired) electrons. The Balaban J connectivity index is 3.05. The lowest BCUT2D eigenvalue weighted by Gasteiger charge is -2.09. The van der Waals surface area contributed by atoms with Gasteiger partial charge in [-0.2, -0.15) is 21.6 Å². The Hall–Kier alpha value is -1.61. The maximum atomic E-state index is 12.0. The lowest BCUT2D eigenvalue weighted by molar-refractivity contribution is -0.0521. The van der Waals surface area contributed by atoms with E-state index in [9.17, 15) is 21.6 Å². The zero-order chi connectivity index (χ0) is 14.8. The van der Waals surface area contributed by atoms with Crippen molar-refractivity contribution in [3.63, 3.8) is 0 Å². The van der Waals surface area contributed by atoms with Gasteiger partial charge >= 0.3 is 15.6 Å². The number of nitrogens with two attached hydrogens (primary N) is 2. The molecule has 0 aliphatic heterocycles. The molecule has 0 spiro atoms. The van der Waals surface area contributed by atoms with Crippen molar-refractivity contribution >= 4 is 33.5 Å². The molecule has 1 rings (SSSR count). The number of anilines is 1. The van der Waals surface area contributed by atoms with Crippen molar-refractivity contribution in [2.45, 2.75) is 5.51 Å². The Morgan fingerprint density at radius 3 is 2.47 bits per heavy atom. The number of alkyl halides is 3. The topological polar surface area (TPSA) is 95.4 Å². The molecule has 0 bridgehead atoms. The first kappa shape index (κ1) is 15.4. The van der Waals surface area contributed by atoms with Crippen molar-refractivity contribution in [3.8, 4) is 0 Å². The van der Waals surface area contributed by atoms with Gasteiger partial charge in [-0.05, 0) is 18.2 Å². The normalized spacial score (nSPS) is 13.4. The van der Waals surface area contributed by atoms with Crippen LogP contribution in [0, 0.1) is 0 Å². The summed E-state index contributed by atoms with van der Waals surface area (Å²) in [4.78, 5) is 0. The molecule has 19 heavy (non-hydrogen) atoms. The molecular formula is C9H8ClF3N2O3S. The third-order valence-electron chi connectivity index (χ3n) is 1.84. The summed E-state index contributed by atoms with van der Waals surface area (Å²) in [6.45, 7) is 0. The second-order valence-electron chi connectivity index (χ2n) is 3.30. The third kappa shape index (κ3) is 3.93. The summed E-state index contributed by atoms with van der Waals surface area (Å²) >= 11 is 5.64. The lowest BCUT2D eigenvalue weighted by Crippen LogP contribution is -2.26. The molecule has 106 valence electrons. The van der Waals surface area contributed by atoms with Gasteiger partial charge in [0.15, 0.2) is 0 Å². The van der Waals surface area contributed by atoms with E-state index >= 15 is 0 Å². The minimum Gasteiger partial charge on any atom is -0.398 e. The van der Waals surface area contributed by atoms with Crippen molar-refractivity contribution in [1.29, 1.82) is 0 Å². The predicted octanol–water partition coefficient (Wildman–Crippen LogP) is 2.05. The molecule has 4 N–H and O–H groups in total. The zero-order valence-electron chi connectivity index (χ0n) is 9.11. The summed E-state index contributed by atoms with van der Waals surface area (Å²) in [5.41, 5.74) is 5.27. The van der Waals surface area contributed by atoms with Crippen LogP contribution in [-0.4, -0.2) is 13.9 Å². The summed E-state index contributed by atoms with van der Waals surface area (Å²) in [7, 11) is -5.81. The summed E-state index contributed by atoms with van der Waals surface area (Å²) in [5.74, 6) is -0.980. The quantitative estimate of drug-likeness (QED) is 0.385. The van der Waals surface area contributed by atoms with Crippen LogP contribution in [0.3, 0.4) is 0 Å². The van der Waals surface area contributed by atoms with Crippen molar-refractivity contribution < 1.29 is 25.8 Å². The fourth-order valence-corrected chi connectivity index (χ4v) is 1.60. The van der Waals surface area contributed by atoms with Crippen LogP contribution in [0.1, 0.15) is 5.56 Å². The highest BCUT2D eigenvalue weighted by Crippen LogP contribution is 2.27. The van der Waals surface area contributed by atoms with Gasteiger partial charge in [-0.3, -0.25) is 0 Å². The van der Waals surface area contributed by atoms with Crippen LogP contribution in [0.15, 0.2) is 24.1 Å². The van der Waals surface area contributed by atoms with Crippen molar-refractivity contribution in [3.05, 3.63) is 34.7 Å². The van der Waals surface area contributed by atoms with Gasteiger partial charge < -0.3 is 15.7 Å². The van der Waals surface area contributed by atoms with Gasteiger partial charge in [0.2, 0.25) is 5.88 Å². The van der Waals surface area contributed by atoms with Crippen molar-refractivity contribution in [2.75, 3.05) is 5.73 Å². The van der Waals surface area contributed by atoms with Gasteiger partial charge in [0.25, 0.3) is 0 Å². The van der Waals surface area contributed by atoms with E-state index in [1.54, 1.807) is 0 Å². The molecule has 0 aromatic heterocycles. The van der Waals surface area contributed by atoms with Crippen LogP contribution in [0.25, 0.3) is 6.08 Å². The average Bonchev–Trinajstić information content (AvgIpc) is 2.21. The van der Waals surface area contributed by atoms with E-state index in [2.05, 4.69) is 4.18 Å². The minimum absolute atomic E-state index is 0.127. The maximum absolute atomic E-state index is 12.0. The SMILES string of the molecule is N/C(=C\c1cc(Cl)ccc1N)OS(=O)(=O)C(F)(F)F. The largest absolute Gasteiger partial charge is 0.534 e. The van der Waals surface area contributed by atoms with Crippen molar-refractivity contribution in [1.82, 2.24) is 0 Å². The monoisotopic (exact) mass is 316 g/mol. The highest BCUT2D eigenvalue weighted by molar-refractivity contribution is 7.87. The van der Waals surface area contributed by atoms with Crippen LogP contribution in [-0.2, 0) is 14.3 Å². The molecule has 0 unspecified atom stereocenters. The molecular weight excluding hydrogens is 309 g/mol. The summed E-state index contributed by atoms with van der Waals surface area (Å²) in [5, 5.41) is 0.243. The molecule has 5 nitrogen and oxygen atoms in total. The first-order valence-corrected chi connectivity index (χ1v) is 6.34. The molecule has 0 aliphatic rings. The molecule has 0 fully saturated rings. The highest BCUT2D eigenvalue weighted by atomic mass is 35.5. The van der Waals surface area contributed by atoms with Gasteiger partial charge in [-0.25, -0.2) is 0 Å². The standard InChI is InChI=1S/C9H8ClF3N2O3S/c10-6-1-2-7(14)5(3-6)4-8(15)18-19(16,17)9(11,12)13/h1-4H,14-15H2/b8-4+. The predicted molar refractivity (Wildman–Crippen MR) is 64.1 cm³/mol. The Morgan fingerprint density at radius 1 is 1.37 bits per heavy atom. The second kappa shape index (κ2) is 5.17. The first-order chi connectivity index (χ1) is 8.53. The van der Waals surface area contributed by atoms with E-state index in [1.165, 1.54) is 18.2 Å². The van der Waals surface area contributed by atoms with Crippen molar-refractivity contribution in [2.24, 2.45) is 5.73 Å². The zero-order valence-corrected chi connectivity index (χ0v) is 10.7. The van der Waals surface area contributed by atoms with Crippen LogP contribution >= 0.6 is 11.6 Å². The molecule has 0 amide bonds. The molecule has 0 heterocycles. The van der Waals surface area contributed by atoms with E-state index < -0.39 is 21.5 Å². The highest BCUT2D eigenvalue weighted by Gasteiger charge is 2.48. The number of hydrogen-bond donors (Lipinski definition) is 2. The number of nitrogen functional groups attached to an aromatic ring is 1. The molecule has 10 heteroatoms. The Kier molecular flexibility index (Phi) is 4.21. The Bertz CT molecular complexity index is 614. The van der Waals surface area contributed by atoms with Crippen LogP contribution < -0.4 is 11.5 Å². The maximum Gasteiger partial charge on any atom is 0.534 e. The van der Waals surface area contributed by atoms with E-state index in [4.69, 9.17) is 23.1 Å². The van der Waals surface area contributed by atoms with Crippen LogP contribution in [0.2, 0.25) is 5.02 Å². The fourth-order valence-electron chi connectivity index (χ4n) is 1.02. The van der Waals surface area contributed by atoms with Gasteiger partial charge in [0, 0.05) is 22.3 Å². The first-order valence-electron chi connectivity index (χ1n) is 4.56. The van der Waals surface area contributed by atoms with E-state index in [0.717, 1.165) is 6.08 Å². The Morgan fingerprint density at radius 2 is 1.95 bits per heavy atom. The van der Waals surface area contributed by atoms with E-state index in [1.807, 2.05) is 0 Å². The Labute approximate surface area is 111 Å². The summed E-state index contributed by atoms with van der Waals surface area (Å²) in [6, 6.07) is 4.10. The van der Waals surface area contributed by atoms with Gasteiger partial charge in [-0.15, -0.1) is 0 Å². The van der Waals surface area contributed by atoms with Crippen LogP contribution in [0.4, 0.5) is 18.9 Å². The van der Waals surface area contributed by atoms with E-state index in [0.29, 0.717) is 0 Å². The lowest BCUT2D eigenvalue weighted by atomic mass is 10.2. The number of hydrogen-bond acceptors (Lipinski definition) is 5. The van der Waals surface area contributed by atoms with Gasteiger partial charge in [-0.1, -0.05) is 11.6 Å². The summed E-state index contributed by atoms with van der Waals surface area (Å²) < 4.78 is 61.2. The van der Waals surface area contributed by atoms with E-state index in [-0.39, 0.29) is 16.3 Å². The molecule has 0 atom stereocenters. The molecule has 0 saturated heterocycles. The second-order valence-corrected chi connectivity index (χ2v) is 5.28. The molecule has 1 aromatic rings. The smallest absolute Gasteiger partial charge is 0.398 e. The average molecular weight is 317 g/mol. The van der Waals surface area contributed by atoms with Gasteiger partial charge in [0.1, 0.15) is 0 Å². The fraction of sp³-hybridized carbons (Fsp3) is 0.111. The minimum atomic E-state index is -5.81. The number of halogens is 4. The summed E-state index contributed by atoms with van der Waals surface area (Å²) in [6.07, 6.45) is 0.824. The molecule has 0 saturated carbocycles. The third-order valence-corrected chi connectivity index (χ3v) is 3.05. The molecule has 1 aromatic carbocycles. The van der Waals surface area contributed by atoms with Gasteiger partial charge in [0.05, 0.1) is 0 Å². The number of rotatable bonds is 3. The number of benzene rings is 1. The van der Waals surface area contributed by atoms with Crippen LogP contribution in [0.5, 0.6) is 0 Å². The molecule has 0 aliphatic carbocycles.